The van der Waals surface area contributed by atoms with Gasteiger partial charge in [0.15, 0.2) is 0 Å². The summed E-state index contributed by atoms with van der Waals surface area (Å²) in [5.74, 6) is -1.85. The first-order chi connectivity index (χ1) is 28.2. The number of ether oxygens (including phenoxy) is 2. The summed E-state index contributed by atoms with van der Waals surface area (Å²) in [5.41, 5.74) is 2.41. The number of rotatable bonds is 38. The van der Waals surface area contributed by atoms with Crippen LogP contribution in [0, 0.1) is 0 Å². The van der Waals surface area contributed by atoms with E-state index in [2.05, 4.69) is 24.3 Å². The molecule has 4 unspecified atom stereocenters. The minimum absolute atomic E-state index is 0. The van der Waals surface area contributed by atoms with Gasteiger partial charge in [-0.15, -0.1) is 0 Å². The second kappa shape index (κ2) is 42.1. The molecule has 4 atom stereocenters. The molecule has 2 N–H and O–H groups in total. The standard InChI is InChI=1S/2C25H42O4.Ba/c2*1-22(26)19-20-24(29-21-23-15-11-10-12-16-23)17-13-8-6-4-2-3-5-7-9-14-18-25(27)28;/h2*10-12,15-16,22,24,26H,2-9,13-14,17-21H2,1H3,(H,27,28);/q;;+2/p-2. The van der Waals surface area contributed by atoms with E-state index in [0.717, 1.165) is 77.0 Å². The monoisotopic (exact) mass is 949 g/mol. The SMILES string of the molecule is CC(O)CCC(CCCCCCCCCCCCC(=O)[O-])OCc1ccccc1.CC(O)CCC(CCCCCCCCCCCCC(=O)[O-])OCc1ccccc1.[Ba+2]. The van der Waals surface area contributed by atoms with Crippen molar-refractivity contribution < 1.29 is 39.5 Å². The Kier molecular flexibility index (Phi) is 41.2. The normalized spacial score (nSPS) is 13.1. The number of carboxylic acids is 2. The smallest absolute Gasteiger partial charge is 0.550 e. The first-order valence-corrected chi connectivity index (χ1v) is 23.2. The van der Waals surface area contributed by atoms with E-state index in [0.29, 0.717) is 13.2 Å². The molecule has 0 heterocycles. The van der Waals surface area contributed by atoms with Crippen molar-refractivity contribution in [3.05, 3.63) is 71.8 Å². The van der Waals surface area contributed by atoms with Gasteiger partial charge in [0.1, 0.15) is 0 Å². The molecule has 0 aliphatic rings. The summed E-state index contributed by atoms with van der Waals surface area (Å²) >= 11 is 0. The predicted molar refractivity (Wildman–Crippen MR) is 238 cm³/mol. The molecule has 0 saturated carbocycles. The summed E-state index contributed by atoms with van der Waals surface area (Å²) in [6, 6.07) is 20.6. The maximum Gasteiger partial charge on any atom is 2.00 e. The van der Waals surface area contributed by atoms with Crippen molar-refractivity contribution in [1.82, 2.24) is 0 Å². The van der Waals surface area contributed by atoms with E-state index in [1.54, 1.807) is 0 Å². The summed E-state index contributed by atoms with van der Waals surface area (Å²) in [6.07, 6.45) is 29.1. The molecular formula is C50H82BaO8. The fourth-order valence-electron chi connectivity index (χ4n) is 7.16. The van der Waals surface area contributed by atoms with Crippen molar-refractivity contribution in [3.8, 4) is 0 Å². The predicted octanol–water partition coefficient (Wildman–Crippen LogP) is 9.95. The molecule has 0 spiro atoms. The van der Waals surface area contributed by atoms with E-state index in [-0.39, 0.29) is 86.1 Å². The Labute approximate surface area is 400 Å². The van der Waals surface area contributed by atoms with Crippen molar-refractivity contribution in [2.45, 2.75) is 231 Å². The van der Waals surface area contributed by atoms with Crippen molar-refractivity contribution in [2.75, 3.05) is 0 Å². The molecule has 9 heteroatoms. The quantitative estimate of drug-likeness (QED) is 0.0501. The van der Waals surface area contributed by atoms with E-state index >= 15 is 0 Å². The molecule has 0 bridgehead atoms. The van der Waals surface area contributed by atoms with Crippen molar-refractivity contribution in [2.24, 2.45) is 0 Å². The first kappa shape index (κ1) is 57.8. The molecule has 332 valence electrons. The minimum atomic E-state index is -0.927. The number of carbonyl (C=O) groups is 2. The van der Waals surface area contributed by atoms with Crippen LogP contribution in [0.25, 0.3) is 0 Å². The molecule has 0 aliphatic heterocycles. The first-order valence-electron chi connectivity index (χ1n) is 23.2. The number of carboxylic acid groups (broad SMARTS) is 2. The Morgan fingerprint density at radius 3 is 0.983 bits per heavy atom. The Bertz CT molecular complexity index is 1100. The zero-order valence-corrected chi connectivity index (χ0v) is 41.8. The number of aliphatic hydroxyl groups is 2. The topological polar surface area (TPSA) is 139 Å². The van der Waals surface area contributed by atoms with Crippen LogP contribution in [0.1, 0.15) is 205 Å². The van der Waals surface area contributed by atoms with Crippen LogP contribution in [0.5, 0.6) is 0 Å². The maximum atomic E-state index is 10.3. The number of aliphatic hydroxyl groups excluding tert-OH is 2. The number of aliphatic carboxylic acids is 2. The third-order valence-electron chi connectivity index (χ3n) is 10.8. The number of unbranched alkanes of at least 4 members (excludes halogenated alkanes) is 18. The van der Waals surface area contributed by atoms with Crippen LogP contribution in [-0.2, 0) is 32.3 Å². The van der Waals surface area contributed by atoms with Gasteiger partial charge < -0.3 is 39.5 Å². The number of hydrogen-bond acceptors (Lipinski definition) is 8. The zero-order valence-electron chi connectivity index (χ0n) is 37.3. The van der Waals surface area contributed by atoms with Crippen molar-refractivity contribution in [1.29, 1.82) is 0 Å². The van der Waals surface area contributed by atoms with Crippen LogP contribution >= 0.6 is 0 Å². The van der Waals surface area contributed by atoms with Gasteiger partial charge >= 0.3 is 48.9 Å². The molecule has 59 heavy (non-hydrogen) atoms. The average Bonchev–Trinajstić information content (AvgIpc) is 3.20. The van der Waals surface area contributed by atoms with Crippen molar-refractivity contribution in [3.63, 3.8) is 0 Å². The fourth-order valence-corrected chi connectivity index (χ4v) is 7.16. The second-order valence-corrected chi connectivity index (χ2v) is 16.6. The van der Waals surface area contributed by atoms with Crippen LogP contribution in [0.2, 0.25) is 0 Å². The summed E-state index contributed by atoms with van der Waals surface area (Å²) in [6.45, 7) is 4.98. The molecule has 0 aromatic heterocycles. The van der Waals surface area contributed by atoms with E-state index in [1.807, 2.05) is 50.2 Å². The van der Waals surface area contributed by atoms with Gasteiger partial charge in [0.25, 0.3) is 0 Å². The Hall–Kier alpha value is -1.21. The molecule has 0 radical (unpaired) electrons. The van der Waals surface area contributed by atoms with Crippen LogP contribution in [0.4, 0.5) is 0 Å². The summed E-state index contributed by atoms with van der Waals surface area (Å²) < 4.78 is 12.3. The van der Waals surface area contributed by atoms with Gasteiger partial charge in [-0.1, -0.05) is 176 Å². The average molecular weight is 949 g/mol. The number of hydrogen-bond donors (Lipinski definition) is 2. The molecule has 2 aromatic rings. The summed E-state index contributed by atoms with van der Waals surface area (Å²) in [7, 11) is 0. The van der Waals surface area contributed by atoms with Crippen molar-refractivity contribution >= 4 is 60.8 Å². The zero-order chi connectivity index (χ0) is 42.3. The van der Waals surface area contributed by atoms with E-state index in [4.69, 9.17) is 9.47 Å². The molecule has 0 fully saturated rings. The Balaban J connectivity index is 0.00000112. The van der Waals surface area contributed by atoms with E-state index < -0.39 is 11.9 Å². The van der Waals surface area contributed by atoms with E-state index in [9.17, 15) is 30.0 Å². The molecule has 2 rings (SSSR count). The van der Waals surface area contributed by atoms with Crippen LogP contribution in [0.3, 0.4) is 0 Å². The van der Waals surface area contributed by atoms with Gasteiger partial charge in [0, 0.05) is 11.9 Å². The Morgan fingerprint density at radius 1 is 0.441 bits per heavy atom. The molecule has 0 saturated heterocycles. The number of benzene rings is 2. The van der Waals surface area contributed by atoms with Gasteiger partial charge in [-0.2, -0.15) is 0 Å². The van der Waals surface area contributed by atoms with Crippen LogP contribution in [0.15, 0.2) is 60.7 Å². The van der Waals surface area contributed by atoms with Gasteiger partial charge in [0.05, 0.1) is 37.6 Å². The maximum absolute atomic E-state index is 10.3. The van der Waals surface area contributed by atoms with Gasteiger partial charge in [-0.05, 0) is 89.2 Å². The van der Waals surface area contributed by atoms with Gasteiger partial charge in [0.2, 0.25) is 0 Å². The molecule has 8 nitrogen and oxygen atoms in total. The third kappa shape index (κ3) is 40.6. The largest absolute Gasteiger partial charge is 2.00 e. The number of carbonyl (C=O) groups excluding carboxylic acids is 2. The van der Waals surface area contributed by atoms with Crippen LogP contribution < -0.4 is 10.2 Å². The van der Waals surface area contributed by atoms with Gasteiger partial charge in [-0.3, -0.25) is 0 Å². The molecule has 0 aliphatic carbocycles. The van der Waals surface area contributed by atoms with Crippen LogP contribution in [-0.4, -0.2) is 95.4 Å². The third-order valence-corrected chi connectivity index (χ3v) is 10.8. The minimum Gasteiger partial charge on any atom is -0.550 e. The van der Waals surface area contributed by atoms with Gasteiger partial charge in [-0.25, -0.2) is 0 Å². The molecule has 2 aromatic carbocycles. The second-order valence-electron chi connectivity index (χ2n) is 16.6. The summed E-state index contributed by atoms with van der Waals surface area (Å²) in [4.78, 5) is 20.7. The fraction of sp³-hybridized carbons (Fsp3) is 0.720. The summed E-state index contributed by atoms with van der Waals surface area (Å²) in [5, 5.41) is 39.9. The molecular weight excluding hydrogens is 866 g/mol. The van der Waals surface area contributed by atoms with E-state index in [1.165, 1.54) is 101 Å². The molecule has 0 amide bonds. The Morgan fingerprint density at radius 2 is 0.712 bits per heavy atom.